The Labute approximate surface area is 95.2 Å². The van der Waals surface area contributed by atoms with E-state index in [-0.39, 0.29) is 5.41 Å². The molecule has 1 fully saturated rings. The van der Waals surface area contributed by atoms with Gasteiger partial charge in [0.15, 0.2) is 0 Å². The summed E-state index contributed by atoms with van der Waals surface area (Å²) in [6, 6.07) is 0.828. The third-order valence-corrected chi connectivity index (χ3v) is 3.68. The van der Waals surface area contributed by atoms with Crippen molar-refractivity contribution in [1.82, 2.24) is 4.90 Å². The van der Waals surface area contributed by atoms with Crippen LogP contribution in [0.5, 0.6) is 0 Å². The molecule has 0 aromatic carbocycles. The highest BCUT2D eigenvalue weighted by atomic mass is 15.2. The van der Waals surface area contributed by atoms with E-state index in [0.29, 0.717) is 0 Å². The Morgan fingerprint density at radius 3 is 2.27 bits per heavy atom. The van der Waals surface area contributed by atoms with Crippen molar-refractivity contribution >= 4 is 0 Å². The lowest BCUT2D eigenvalue weighted by Crippen LogP contribution is -2.44. The molecule has 0 amide bonds. The third-order valence-electron chi connectivity index (χ3n) is 3.68. The van der Waals surface area contributed by atoms with Gasteiger partial charge in [-0.05, 0) is 31.3 Å². The standard InChI is InChI=1S/C13H28N2/c1-4-15(11-13(2,3)10-14)12-8-6-5-7-9-12/h12H,4-11,14H2,1-3H3. The summed E-state index contributed by atoms with van der Waals surface area (Å²) in [7, 11) is 0. The van der Waals surface area contributed by atoms with Crippen LogP contribution in [0.2, 0.25) is 0 Å². The van der Waals surface area contributed by atoms with Gasteiger partial charge in [-0.15, -0.1) is 0 Å². The minimum Gasteiger partial charge on any atom is -0.330 e. The Hall–Kier alpha value is -0.0800. The van der Waals surface area contributed by atoms with E-state index < -0.39 is 0 Å². The van der Waals surface area contributed by atoms with E-state index in [4.69, 9.17) is 5.73 Å². The fraction of sp³-hybridized carbons (Fsp3) is 1.00. The van der Waals surface area contributed by atoms with E-state index in [1.807, 2.05) is 0 Å². The van der Waals surface area contributed by atoms with Gasteiger partial charge in [0, 0.05) is 12.6 Å². The molecule has 0 aromatic heterocycles. The minimum absolute atomic E-state index is 0.271. The average molecular weight is 212 g/mol. The molecule has 15 heavy (non-hydrogen) atoms. The zero-order chi connectivity index (χ0) is 11.3. The highest BCUT2D eigenvalue weighted by Gasteiger charge is 2.25. The summed E-state index contributed by atoms with van der Waals surface area (Å²) in [5.74, 6) is 0. The molecular weight excluding hydrogens is 184 g/mol. The van der Waals surface area contributed by atoms with Crippen LogP contribution in [0.15, 0.2) is 0 Å². The van der Waals surface area contributed by atoms with Crippen LogP contribution in [-0.4, -0.2) is 30.6 Å². The quantitative estimate of drug-likeness (QED) is 0.759. The molecule has 0 saturated heterocycles. The second-order valence-corrected chi connectivity index (χ2v) is 5.72. The lowest BCUT2D eigenvalue weighted by atomic mass is 9.89. The molecule has 1 aliphatic rings. The van der Waals surface area contributed by atoms with Crippen molar-refractivity contribution in [3.8, 4) is 0 Å². The lowest BCUT2D eigenvalue weighted by Gasteiger charge is -2.38. The van der Waals surface area contributed by atoms with Crippen molar-refractivity contribution in [2.24, 2.45) is 11.1 Å². The Balaban J connectivity index is 2.46. The number of hydrogen-bond acceptors (Lipinski definition) is 2. The molecule has 0 unspecified atom stereocenters. The zero-order valence-electron chi connectivity index (χ0n) is 10.8. The van der Waals surface area contributed by atoms with Gasteiger partial charge < -0.3 is 10.6 Å². The molecule has 1 rings (SSSR count). The van der Waals surface area contributed by atoms with E-state index >= 15 is 0 Å². The first-order chi connectivity index (χ1) is 7.09. The number of rotatable bonds is 5. The highest BCUT2D eigenvalue weighted by Crippen LogP contribution is 2.25. The van der Waals surface area contributed by atoms with Crippen molar-refractivity contribution in [3.05, 3.63) is 0 Å². The first kappa shape index (κ1) is 13.0. The van der Waals surface area contributed by atoms with Crippen molar-refractivity contribution < 1.29 is 0 Å². The number of hydrogen-bond donors (Lipinski definition) is 1. The molecule has 0 bridgehead atoms. The van der Waals surface area contributed by atoms with Crippen molar-refractivity contribution in [3.63, 3.8) is 0 Å². The van der Waals surface area contributed by atoms with Crippen molar-refractivity contribution in [2.45, 2.75) is 58.9 Å². The SMILES string of the molecule is CCN(CC(C)(C)CN)C1CCCCC1. The maximum atomic E-state index is 5.81. The topological polar surface area (TPSA) is 29.3 Å². The second kappa shape index (κ2) is 5.86. The van der Waals surface area contributed by atoms with E-state index in [0.717, 1.165) is 19.1 Å². The Bertz CT molecular complexity index is 171. The molecule has 2 N–H and O–H groups in total. The van der Waals surface area contributed by atoms with Gasteiger partial charge >= 0.3 is 0 Å². The summed E-state index contributed by atoms with van der Waals surface area (Å²) in [6.07, 6.45) is 7.08. The van der Waals surface area contributed by atoms with Gasteiger partial charge in [-0.2, -0.15) is 0 Å². The molecular formula is C13H28N2. The van der Waals surface area contributed by atoms with Crippen LogP contribution in [0.4, 0.5) is 0 Å². The van der Waals surface area contributed by atoms with Gasteiger partial charge in [-0.1, -0.05) is 40.0 Å². The predicted octanol–water partition coefficient (Wildman–Crippen LogP) is 2.63. The Morgan fingerprint density at radius 1 is 1.20 bits per heavy atom. The molecule has 0 aliphatic heterocycles. The molecule has 0 spiro atoms. The maximum absolute atomic E-state index is 5.81. The van der Waals surface area contributed by atoms with E-state index in [1.165, 1.54) is 38.6 Å². The van der Waals surface area contributed by atoms with Crippen LogP contribution in [0.25, 0.3) is 0 Å². The highest BCUT2D eigenvalue weighted by molar-refractivity contribution is 4.81. The Morgan fingerprint density at radius 2 is 1.80 bits per heavy atom. The molecule has 2 heteroatoms. The van der Waals surface area contributed by atoms with Crippen LogP contribution in [0.1, 0.15) is 52.9 Å². The first-order valence-corrected chi connectivity index (χ1v) is 6.53. The van der Waals surface area contributed by atoms with Crippen LogP contribution >= 0.6 is 0 Å². The van der Waals surface area contributed by atoms with Gasteiger partial charge in [0.05, 0.1) is 0 Å². The molecule has 1 saturated carbocycles. The van der Waals surface area contributed by atoms with Gasteiger partial charge in [0.1, 0.15) is 0 Å². The molecule has 2 nitrogen and oxygen atoms in total. The van der Waals surface area contributed by atoms with E-state index in [2.05, 4.69) is 25.7 Å². The van der Waals surface area contributed by atoms with Gasteiger partial charge in [0.2, 0.25) is 0 Å². The molecule has 90 valence electrons. The van der Waals surface area contributed by atoms with E-state index in [1.54, 1.807) is 0 Å². The van der Waals surface area contributed by atoms with Crippen LogP contribution in [0, 0.1) is 5.41 Å². The number of nitrogens with two attached hydrogens (primary N) is 1. The van der Waals surface area contributed by atoms with Gasteiger partial charge in [-0.25, -0.2) is 0 Å². The predicted molar refractivity (Wildman–Crippen MR) is 67.0 cm³/mol. The second-order valence-electron chi connectivity index (χ2n) is 5.72. The van der Waals surface area contributed by atoms with Gasteiger partial charge in [0.25, 0.3) is 0 Å². The first-order valence-electron chi connectivity index (χ1n) is 6.53. The average Bonchev–Trinajstić information content (AvgIpc) is 2.27. The monoisotopic (exact) mass is 212 g/mol. The molecule has 0 heterocycles. The molecule has 0 radical (unpaired) electrons. The summed E-state index contributed by atoms with van der Waals surface area (Å²) >= 11 is 0. The van der Waals surface area contributed by atoms with Crippen LogP contribution in [-0.2, 0) is 0 Å². The minimum atomic E-state index is 0.271. The molecule has 1 aliphatic carbocycles. The van der Waals surface area contributed by atoms with Crippen LogP contribution in [0.3, 0.4) is 0 Å². The summed E-state index contributed by atoms with van der Waals surface area (Å²) in [5.41, 5.74) is 6.08. The normalized spacial score (nSPS) is 19.8. The smallest absolute Gasteiger partial charge is 0.00953 e. The Kier molecular flexibility index (Phi) is 5.07. The molecule has 0 atom stereocenters. The fourth-order valence-electron chi connectivity index (χ4n) is 2.56. The summed E-state index contributed by atoms with van der Waals surface area (Å²) < 4.78 is 0. The van der Waals surface area contributed by atoms with Gasteiger partial charge in [-0.3, -0.25) is 0 Å². The maximum Gasteiger partial charge on any atom is 0.00953 e. The fourth-order valence-corrected chi connectivity index (χ4v) is 2.56. The van der Waals surface area contributed by atoms with Crippen molar-refractivity contribution in [2.75, 3.05) is 19.6 Å². The summed E-state index contributed by atoms with van der Waals surface area (Å²) in [5, 5.41) is 0. The summed E-state index contributed by atoms with van der Waals surface area (Å²) in [6.45, 7) is 9.95. The summed E-state index contributed by atoms with van der Waals surface area (Å²) in [4.78, 5) is 2.64. The molecule has 0 aromatic rings. The lowest BCUT2D eigenvalue weighted by molar-refractivity contribution is 0.113. The zero-order valence-corrected chi connectivity index (χ0v) is 10.8. The van der Waals surface area contributed by atoms with Crippen molar-refractivity contribution in [1.29, 1.82) is 0 Å². The van der Waals surface area contributed by atoms with Crippen LogP contribution < -0.4 is 5.73 Å². The largest absolute Gasteiger partial charge is 0.330 e. The van der Waals surface area contributed by atoms with E-state index in [9.17, 15) is 0 Å². The third kappa shape index (κ3) is 4.12. The number of nitrogens with zero attached hydrogens (tertiary/aromatic N) is 1.